The number of carbonyl (C=O) groups excluding carboxylic acids is 2. The predicted molar refractivity (Wildman–Crippen MR) is 84.3 cm³/mol. The van der Waals surface area contributed by atoms with Gasteiger partial charge in [-0.15, -0.1) is 0 Å². The summed E-state index contributed by atoms with van der Waals surface area (Å²) in [5, 5.41) is 0. The minimum atomic E-state index is -0.182. The number of para-hydroxylation sites is 1. The summed E-state index contributed by atoms with van der Waals surface area (Å²) in [6.07, 6.45) is 1.15. The van der Waals surface area contributed by atoms with Crippen LogP contribution in [0.25, 0.3) is 0 Å². The van der Waals surface area contributed by atoms with Crippen molar-refractivity contribution in [3.8, 4) is 11.5 Å². The van der Waals surface area contributed by atoms with E-state index in [1.54, 1.807) is 0 Å². The molecule has 3 rings (SSSR count). The molecule has 3 heteroatoms. The summed E-state index contributed by atoms with van der Waals surface area (Å²) in [4.78, 5) is 23.4. The third-order valence-corrected chi connectivity index (χ3v) is 4.05. The Morgan fingerprint density at radius 2 is 1.86 bits per heavy atom. The average Bonchev–Trinajstić information content (AvgIpc) is 2.50. The first-order valence-electron chi connectivity index (χ1n) is 7.51. The zero-order valence-corrected chi connectivity index (χ0v) is 12.5. The van der Waals surface area contributed by atoms with Crippen LogP contribution in [0, 0.1) is 6.92 Å². The summed E-state index contributed by atoms with van der Waals surface area (Å²) in [7, 11) is 0. The van der Waals surface area contributed by atoms with Crippen molar-refractivity contribution in [2.24, 2.45) is 0 Å². The number of benzene rings is 2. The maximum atomic E-state index is 12.1. The minimum Gasteiger partial charge on any atom is -0.457 e. The lowest BCUT2D eigenvalue weighted by atomic mass is 9.82. The Bertz CT molecular complexity index is 718. The molecular formula is C19H18O3. The Morgan fingerprint density at radius 1 is 1.05 bits per heavy atom. The molecule has 0 bridgehead atoms. The number of rotatable bonds is 3. The van der Waals surface area contributed by atoms with Gasteiger partial charge in [0, 0.05) is 12.3 Å². The molecule has 1 atom stereocenters. The van der Waals surface area contributed by atoms with Gasteiger partial charge in [0.1, 0.15) is 23.1 Å². The van der Waals surface area contributed by atoms with Crippen molar-refractivity contribution in [2.75, 3.05) is 0 Å². The van der Waals surface area contributed by atoms with E-state index >= 15 is 0 Å². The molecule has 0 radical (unpaired) electrons. The number of hydrogen-bond acceptors (Lipinski definition) is 3. The quantitative estimate of drug-likeness (QED) is 0.797. The Hall–Kier alpha value is -2.42. The highest BCUT2D eigenvalue weighted by atomic mass is 16.5. The van der Waals surface area contributed by atoms with Crippen molar-refractivity contribution in [1.82, 2.24) is 0 Å². The molecule has 2 aromatic carbocycles. The van der Waals surface area contributed by atoms with Crippen LogP contribution in [-0.4, -0.2) is 11.6 Å². The molecule has 1 aliphatic carbocycles. The SMILES string of the molecule is Cc1ccccc1Oc1cccc([C@H]2CCC(=O)CC2=O)c1. The van der Waals surface area contributed by atoms with Gasteiger partial charge in [-0.1, -0.05) is 30.3 Å². The van der Waals surface area contributed by atoms with Gasteiger partial charge in [-0.25, -0.2) is 0 Å². The maximum Gasteiger partial charge on any atom is 0.147 e. The standard InChI is InChI=1S/C19H18O3/c1-13-5-2-3-8-19(13)22-16-7-4-6-14(11-16)17-10-9-15(20)12-18(17)21/h2-8,11,17H,9-10,12H2,1H3/t17-/m1/s1. The molecule has 3 nitrogen and oxygen atoms in total. The first-order chi connectivity index (χ1) is 10.6. The van der Waals surface area contributed by atoms with Gasteiger partial charge in [-0.05, 0) is 42.7 Å². The largest absolute Gasteiger partial charge is 0.457 e. The Balaban J connectivity index is 1.82. The molecule has 0 heterocycles. The topological polar surface area (TPSA) is 43.4 Å². The van der Waals surface area contributed by atoms with E-state index in [1.807, 2.05) is 55.5 Å². The molecule has 2 aromatic rings. The fourth-order valence-electron chi connectivity index (χ4n) is 2.82. The van der Waals surface area contributed by atoms with E-state index in [4.69, 9.17) is 4.74 Å². The van der Waals surface area contributed by atoms with E-state index in [0.717, 1.165) is 22.6 Å². The highest BCUT2D eigenvalue weighted by Gasteiger charge is 2.28. The lowest BCUT2D eigenvalue weighted by Crippen LogP contribution is -2.23. The number of ketones is 2. The van der Waals surface area contributed by atoms with Crippen molar-refractivity contribution in [3.63, 3.8) is 0 Å². The van der Waals surface area contributed by atoms with E-state index in [9.17, 15) is 9.59 Å². The Morgan fingerprint density at radius 3 is 2.64 bits per heavy atom. The molecule has 112 valence electrons. The van der Waals surface area contributed by atoms with Crippen molar-refractivity contribution < 1.29 is 14.3 Å². The molecule has 1 aliphatic rings. The molecule has 0 unspecified atom stereocenters. The summed E-state index contributed by atoms with van der Waals surface area (Å²) in [6, 6.07) is 15.4. The number of hydrogen-bond donors (Lipinski definition) is 0. The van der Waals surface area contributed by atoms with Crippen LogP contribution in [0.5, 0.6) is 11.5 Å². The van der Waals surface area contributed by atoms with Crippen LogP contribution >= 0.6 is 0 Å². The van der Waals surface area contributed by atoms with Crippen LogP contribution in [0.2, 0.25) is 0 Å². The Kier molecular flexibility index (Phi) is 4.05. The van der Waals surface area contributed by atoms with Gasteiger partial charge < -0.3 is 4.74 Å². The lowest BCUT2D eigenvalue weighted by molar-refractivity contribution is -0.130. The van der Waals surface area contributed by atoms with Gasteiger partial charge in [0.2, 0.25) is 0 Å². The molecule has 0 saturated heterocycles. The summed E-state index contributed by atoms with van der Waals surface area (Å²) in [5.74, 6) is 1.41. The first kappa shape index (κ1) is 14.5. The van der Waals surface area contributed by atoms with Crippen molar-refractivity contribution in [1.29, 1.82) is 0 Å². The van der Waals surface area contributed by atoms with Gasteiger partial charge in [0.25, 0.3) is 0 Å². The summed E-state index contributed by atoms with van der Waals surface area (Å²) in [5.41, 5.74) is 2.00. The van der Waals surface area contributed by atoms with Gasteiger partial charge in [0.15, 0.2) is 0 Å². The summed E-state index contributed by atoms with van der Waals surface area (Å²) in [6.45, 7) is 2.00. The van der Waals surface area contributed by atoms with Gasteiger partial charge in [-0.3, -0.25) is 9.59 Å². The Labute approximate surface area is 129 Å². The molecule has 1 saturated carbocycles. The van der Waals surface area contributed by atoms with Crippen molar-refractivity contribution in [3.05, 3.63) is 59.7 Å². The van der Waals surface area contributed by atoms with E-state index in [2.05, 4.69) is 0 Å². The van der Waals surface area contributed by atoms with Crippen molar-refractivity contribution in [2.45, 2.75) is 32.1 Å². The van der Waals surface area contributed by atoms with E-state index in [1.165, 1.54) is 0 Å². The molecule has 22 heavy (non-hydrogen) atoms. The van der Waals surface area contributed by atoms with Crippen molar-refractivity contribution >= 4 is 11.6 Å². The summed E-state index contributed by atoms with van der Waals surface area (Å²) >= 11 is 0. The smallest absolute Gasteiger partial charge is 0.147 e. The van der Waals surface area contributed by atoms with Crippen LogP contribution < -0.4 is 4.74 Å². The number of Topliss-reactive ketones (excluding diaryl/α,β-unsaturated/α-hetero) is 2. The maximum absolute atomic E-state index is 12.1. The second kappa shape index (κ2) is 6.14. The van der Waals surface area contributed by atoms with Crippen LogP contribution in [0.3, 0.4) is 0 Å². The first-order valence-corrected chi connectivity index (χ1v) is 7.51. The van der Waals surface area contributed by atoms with E-state index < -0.39 is 0 Å². The highest BCUT2D eigenvalue weighted by molar-refractivity contribution is 6.04. The zero-order chi connectivity index (χ0) is 15.5. The molecule has 0 amide bonds. The second-order valence-electron chi connectivity index (χ2n) is 5.71. The fourth-order valence-corrected chi connectivity index (χ4v) is 2.82. The number of aryl methyl sites for hydroxylation is 1. The van der Waals surface area contributed by atoms with Crippen LogP contribution in [0.1, 0.15) is 36.3 Å². The fraction of sp³-hybridized carbons (Fsp3) is 0.263. The molecule has 0 N–H and O–H groups in total. The van der Waals surface area contributed by atoms with Crippen LogP contribution in [0.15, 0.2) is 48.5 Å². The predicted octanol–water partition coefficient (Wildman–Crippen LogP) is 4.19. The van der Waals surface area contributed by atoms with E-state index in [0.29, 0.717) is 12.8 Å². The third-order valence-electron chi connectivity index (χ3n) is 4.05. The average molecular weight is 294 g/mol. The monoisotopic (exact) mass is 294 g/mol. The van der Waals surface area contributed by atoms with Gasteiger partial charge in [-0.2, -0.15) is 0 Å². The molecule has 0 spiro atoms. The molecule has 0 aromatic heterocycles. The third kappa shape index (κ3) is 3.08. The molecule has 1 fully saturated rings. The normalized spacial score (nSPS) is 18.3. The summed E-state index contributed by atoms with van der Waals surface area (Å²) < 4.78 is 5.92. The minimum absolute atomic E-state index is 0.0179. The zero-order valence-electron chi connectivity index (χ0n) is 12.5. The van der Waals surface area contributed by atoms with Gasteiger partial charge in [0.05, 0.1) is 6.42 Å². The number of ether oxygens (including phenoxy) is 1. The van der Waals surface area contributed by atoms with Crippen LogP contribution in [0.4, 0.5) is 0 Å². The molecule has 0 aliphatic heterocycles. The second-order valence-corrected chi connectivity index (χ2v) is 5.71. The molecular weight excluding hydrogens is 276 g/mol. The van der Waals surface area contributed by atoms with E-state index in [-0.39, 0.29) is 23.9 Å². The van der Waals surface area contributed by atoms with Crippen LogP contribution in [-0.2, 0) is 9.59 Å². The lowest BCUT2D eigenvalue weighted by Gasteiger charge is -2.20. The van der Waals surface area contributed by atoms with Gasteiger partial charge >= 0.3 is 0 Å². The number of carbonyl (C=O) groups is 2. The highest BCUT2D eigenvalue weighted by Crippen LogP contribution is 2.32.